The number of nitrogens with one attached hydrogen (secondary N) is 1. The molecule has 2 aromatic rings. The topological polar surface area (TPSA) is 81.2 Å². The van der Waals surface area contributed by atoms with Gasteiger partial charge in [0.2, 0.25) is 0 Å². The van der Waals surface area contributed by atoms with Gasteiger partial charge in [0, 0.05) is 6.92 Å². The number of ether oxygens (including phenoxy) is 1. The number of pyridine rings is 1. The van der Waals surface area contributed by atoms with Gasteiger partial charge in [-0.2, -0.15) is 0 Å². The third-order valence-electron chi connectivity index (χ3n) is 2.44. The fourth-order valence-corrected chi connectivity index (χ4v) is 3.20. The monoisotopic (exact) mass is 369 g/mol. The van der Waals surface area contributed by atoms with Crippen molar-refractivity contribution in [2.75, 3.05) is 5.32 Å². The number of aromatic nitrogens is 2. The van der Waals surface area contributed by atoms with Crippen molar-refractivity contribution < 1.29 is 14.3 Å². The first-order chi connectivity index (χ1) is 9.86. The lowest BCUT2D eigenvalue weighted by molar-refractivity contribution is -0.131. The molecule has 0 aliphatic heterocycles. The van der Waals surface area contributed by atoms with E-state index in [1.807, 2.05) is 6.92 Å². The summed E-state index contributed by atoms with van der Waals surface area (Å²) in [4.78, 5) is 31.3. The van der Waals surface area contributed by atoms with Gasteiger partial charge in [0.25, 0.3) is 5.91 Å². The highest BCUT2D eigenvalue weighted by Crippen LogP contribution is 2.25. The first kappa shape index (κ1) is 15.6. The summed E-state index contributed by atoms with van der Waals surface area (Å²) in [5.74, 6) is -0.0333. The van der Waals surface area contributed by atoms with Crippen LogP contribution in [0.4, 0.5) is 5.82 Å². The number of hydrogen-bond acceptors (Lipinski definition) is 6. The lowest BCUT2D eigenvalue weighted by Gasteiger charge is -2.07. The Morgan fingerprint density at radius 3 is 2.52 bits per heavy atom. The maximum Gasteiger partial charge on any atom is 0.308 e. The zero-order valence-corrected chi connectivity index (χ0v) is 14.0. The molecule has 0 aromatic carbocycles. The van der Waals surface area contributed by atoms with Crippen LogP contribution in [0.1, 0.15) is 28.1 Å². The molecular formula is C13H12BrN3O3S. The number of thiazole rings is 1. The zero-order valence-electron chi connectivity index (χ0n) is 11.6. The highest BCUT2D eigenvalue weighted by molar-refractivity contribution is 9.11. The van der Waals surface area contributed by atoms with E-state index >= 15 is 0 Å². The molecule has 1 amide bonds. The summed E-state index contributed by atoms with van der Waals surface area (Å²) in [7, 11) is 0. The molecule has 2 aromatic heterocycles. The molecule has 0 aliphatic rings. The van der Waals surface area contributed by atoms with Gasteiger partial charge in [0.15, 0.2) is 11.4 Å². The predicted octanol–water partition coefficient (Wildman–Crippen LogP) is 3.10. The molecule has 2 rings (SSSR count). The van der Waals surface area contributed by atoms with E-state index in [4.69, 9.17) is 4.74 Å². The van der Waals surface area contributed by atoms with Crippen molar-refractivity contribution >= 4 is 45.0 Å². The smallest absolute Gasteiger partial charge is 0.308 e. The summed E-state index contributed by atoms with van der Waals surface area (Å²) in [6.07, 6.45) is 0. The standard InChI is InChI=1S/C13H12BrN3O3S/c1-6-9(20-8(3)18)4-5-10(15-6)17-13(19)11-12(14)21-7(2)16-11/h4-5H,1-3H3,(H,15,17,19). The predicted molar refractivity (Wildman–Crippen MR) is 82.8 cm³/mol. The maximum absolute atomic E-state index is 12.1. The maximum atomic E-state index is 12.1. The number of esters is 1. The van der Waals surface area contributed by atoms with Crippen LogP contribution in [0, 0.1) is 13.8 Å². The Morgan fingerprint density at radius 2 is 2.00 bits per heavy atom. The molecule has 2 heterocycles. The number of rotatable bonds is 3. The van der Waals surface area contributed by atoms with Gasteiger partial charge in [-0.1, -0.05) is 0 Å². The normalized spacial score (nSPS) is 10.3. The number of carbonyl (C=O) groups excluding carboxylic acids is 2. The summed E-state index contributed by atoms with van der Waals surface area (Å²) in [5, 5.41) is 3.45. The molecule has 0 fully saturated rings. The van der Waals surface area contributed by atoms with Crippen molar-refractivity contribution in [3.63, 3.8) is 0 Å². The third-order valence-corrected chi connectivity index (χ3v) is 4.06. The van der Waals surface area contributed by atoms with Gasteiger partial charge >= 0.3 is 5.97 Å². The average molecular weight is 370 g/mol. The van der Waals surface area contributed by atoms with Crippen molar-refractivity contribution in [3.05, 3.63) is 32.3 Å². The number of halogens is 1. The van der Waals surface area contributed by atoms with Crippen LogP contribution >= 0.6 is 27.3 Å². The van der Waals surface area contributed by atoms with E-state index in [2.05, 4.69) is 31.2 Å². The van der Waals surface area contributed by atoms with E-state index in [0.717, 1.165) is 5.01 Å². The quantitative estimate of drug-likeness (QED) is 0.840. The van der Waals surface area contributed by atoms with Crippen molar-refractivity contribution in [2.45, 2.75) is 20.8 Å². The molecule has 0 unspecified atom stereocenters. The van der Waals surface area contributed by atoms with Gasteiger partial charge in [0.1, 0.15) is 9.60 Å². The molecule has 0 aliphatic carbocycles. The van der Waals surface area contributed by atoms with E-state index in [1.54, 1.807) is 19.1 Å². The second kappa shape index (κ2) is 6.31. The van der Waals surface area contributed by atoms with Gasteiger partial charge in [-0.05, 0) is 41.9 Å². The second-order valence-electron chi connectivity index (χ2n) is 4.18. The van der Waals surface area contributed by atoms with E-state index in [9.17, 15) is 9.59 Å². The van der Waals surface area contributed by atoms with Crippen molar-refractivity contribution in [3.8, 4) is 5.75 Å². The van der Waals surface area contributed by atoms with Gasteiger partial charge in [0.05, 0.1) is 10.7 Å². The number of carbonyl (C=O) groups is 2. The minimum Gasteiger partial charge on any atom is -0.425 e. The molecule has 8 heteroatoms. The van der Waals surface area contributed by atoms with E-state index in [0.29, 0.717) is 26.7 Å². The van der Waals surface area contributed by atoms with E-state index in [-0.39, 0.29) is 5.91 Å². The second-order valence-corrected chi connectivity index (χ2v) is 6.70. The molecule has 21 heavy (non-hydrogen) atoms. The van der Waals surface area contributed by atoms with Crippen LogP contribution < -0.4 is 10.1 Å². The Hall–Kier alpha value is -1.80. The highest BCUT2D eigenvalue weighted by Gasteiger charge is 2.16. The summed E-state index contributed by atoms with van der Waals surface area (Å²) < 4.78 is 5.65. The summed E-state index contributed by atoms with van der Waals surface area (Å²) >= 11 is 4.69. The van der Waals surface area contributed by atoms with Crippen LogP contribution in [0.25, 0.3) is 0 Å². The van der Waals surface area contributed by atoms with Crippen molar-refractivity contribution in [2.24, 2.45) is 0 Å². The van der Waals surface area contributed by atoms with Gasteiger partial charge in [-0.15, -0.1) is 11.3 Å². The molecule has 0 saturated carbocycles. The lowest BCUT2D eigenvalue weighted by atomic mass is 10.3. The average Bonchev–Trinajstić information content (AvgIpc) is 2.71. The number of aryl methyl sites for hydroxylation is 2. The third kappa shape index (κ3) is 3.85. The Labute approximate surface area is 133 Å². The fourth-order valence-electron chi connectivity index (χ4n) is 1.60. The van der Waals surface area contributed by atoms with Gasteiger partial charge < -0.3 is 10.1 Å². The summed E-state index contributed by atoms with van der Waals surface area (Å²) in [6, 6.07) is 3.15. The largest absolute Gasteiger partial charge is 0.425 e. The van der Waals surface area contributed by atoms with Crippen LogP contribution in [0.3, 0.4) is 0 Å². The van der Waals surface area contributed by atoms with Crippen LogP contribution in [0.5, 0.6) is 5.75 Å². The fraction of sp³-hybridized carbons (Fsp3) is 0.231. The van der Waals surface area contributed by atoms with Crippen LogP contribution in [-0.4, -0.2) is 21.8 Å². The number of nitrogens with zero attached hydrogens (tertiary/aromatic N) is 2. The summed E-state index contributed by atoms with van der Waals surface area (Å²) in [5.41, 5.74) is 0.831. The molecule has 0 bridgehead atoms. The molecular weight excluding hydrogens is 358 g/mol. The van der Waals surface area contributed by atoms with Crippen LogP contribution in [0.2, 0.25) is 0 Å². The van der Waals surface area contributed by atoms with Crippen LogP contribution in [-0.2, 0) is 4.79 Å². The van der Waals surface area contributed by atoms with Crippen molar-refractivity contribution in [1.82, 2.24) is 9.97 Å². The molecule has 6 nitrogen and oxygen atoms in total. The minimum absolute atomic E-state index is 0.320. The Balaban J connectivity index is 2.16. The van der Waals surface area contributed by atoms with Crippen molar-refractivity contribution in [1.29, 1.82) is 0 Å². The molecule has 110 valence electrons. The lowest BCUT2D eigenvalue weighted by Crippen LogP contribution is -2.14. The van der Waals surface area contributed by atoms with Crippen LogP contribution in [0.15, 0.2) is 15.9 Å². The first-order valence-corrected chi connectivity index (χ1v) is 7.58. The number of anilines is 1. The van der Waals surface area contributed by atoms with E-state index in [1.165, 1.54) is 18.3 Å². The minimum atomic E-state index is -0.418. The molecule has 1 N–H and O–H groups in total. The highest BCUT2D eigenvalue weighted by atomic mass is 79.9. The zero-order chi connectivity index (χ0) is 15.6. The van der Waals surface area contributed by atoms with E-state index < -0.39 is 5.97 Å². The molecule has 0 spiro atoms. The Kier molecular flexibility index (Phi) is 4.69. The number of amides is 1. The molecule has 0 atom stereocenters. The number of hydrogen-bond donors (Lipinski definition) is 1. The van der Waals surface area contributed by atoms with Gasteiger partial charge in [-0.3, -0.25) is 9.59 Å². The Bertz CT molecular complexity index is 715. The summed E-state index contributed by atoms with van der Waals surface area (Å²) in [6.45, 7) is 4.83. The molecule has 0 saturated heterocycles. The SMILES string of the molecule is CC(=O)Oc1ccc(NC(=O)c2nc(C)sc2Br)nc1C. The first-order valence-electron chi connectivity index (χ1n) is 5.97. The molecule has 0 radical (unpaired) electrons. The Morgan fingerprint density at radius 1 is 1.29 bits per heavy atom. The van der Waals surface area contributed by atoms with Gasteiger partial charge in [-0.25, -0.2) is 9.97 Å².